The Balaban J connectivity index is 1.85. The molecule has 2 nitrogen and oxygen atoms in total. The number of amides is 1. The van der Waals surface area contributed by atoms with E-state index in [1.165, 1.54) is 17.4 Å². The number of alkyl halides is 3. The van der Waals surface area contributed by atoms with E-state index < -0.39 is 23.7 Å². The van der Waals surface area contributed by atoms with Gasteiger partial charge in [0.2, 0.25) is 0 Å². The first-order valence-corrected chi connectivity index (χ1v) is 9.03. The number of nitrogens with one attached hydrogen (secondary N) is 1. The Kier molecular flexibility index (Phi) is 4.99. The first-order valence-electron chi connectivity index (χ1n) is 7.83. The summed E-state index contributed by atoms with van der Waals surface area (Å²) >= 11 is 7.59. The highest BCUT2D eigenvalue weighted by Gasteiger charge is 2.31. The van der Waals surface area contributed by atoms with Crippen LogP contribution in [0.5, 0.6) is 0 Å². The Morgan fingerprint density at radius 3 is 2.62 bits per heavy atom. The van der Waals surface area contributed by atoms with E-state index in [9.17, 15) is 18.0 Å². The van der Waals surface area contributed by atoms with Gasteiger partial charge >= 0.3 is 6.18 Å². The van der Waals surface area contributed by atoms with Gasteiger partial charge in [-0.3, -0.25) is 4.79 Å². The molecular weight excluding hydrogens is 383 g/mol. The number of hydrogen-bond acceptors (Lipinski definition) is 2. The fourth-order valence-corrected chi connectivity index (χ4v) is 4.17. The van der Waals surface area contributed by atoms with Gasteiger partial charge in [0.05, 0.1) is 16.6 Å². The summed E-state index contributed by atoms with van der Waals surface area (Å²) in [4.78, 5) is 12.9. The van der Waals surface area contributed by atoms with E-state index in [4.69, 9.17) is 11.6 Å². The zero-order valence-electron chi connectivity index (χ0n) is 13.9. The van der Waals surface area contributed by atoms with Gasteiger partial charge in [-0.1, -0.05) is 35.9 Å². The molecule has 1 heterocycles. The molecule has 1 amide bonds. The second kappa shape index (κ2) is 6.93. The molecule has 0 unspecified atom stereocenters. The van der Waals surface area contributed by atoms with Crippen molar-refractivity contribution in [3.63, 3.8) is 0 Å². The van der Waals surface area contributed by atoms with Crippen LogP contribution in [0.2, 0.25) is 5.02 Å². The summed E-state index contributed by atoms with van der Waals surface area (Å²) in [5.74, 6) is -0.404. The molecule has 1 N–H and O–H groups in total. The Hall–Kier alpha value is -2.05. The van der Waals surface area contributed by atoms with Gasteiger partial charge in [0.1, 0.15) is 4.88 Å². The molecule has 1 aromatic heterocycles. The van der Waals surface area contributed by atoms with E-state index in [1.54, 1.807) is 13.0 Å². The lowest BCUT2D eigenvalue weighted by Crippen LogP contribution is -2.26. The van der Waals surface area contributed by atoms with E-state index in [1.807, 2.05) is 25.1 Å². The van der Waals surface area contributed by atoms with E-state index >= 15 is 0 Å². The van der Waals surface area contributed by atoms with Crippen molar-refractivity contribution in [2.75, 3.05) is 0 Å². The molecule has 0 aliphatic carbocycles. The zero-order chi connectivity index (χ0) is 19.1. The zero-order valence-corrected chi connectivity index (χ0v) is 15.5. The lowest BCUT2D eigenvalue weighted by molar-refractivity contribution is -0.137. The molecule has 3 aromatic rings. The SMILES string of the molecule is Cc1ccc2c(Cl)c(C(=O)N[C@@H](C)c3cccc(C(F)(F)F)c3)sc2c1. The third-order valence-corrected chi connectivity index (χ3v) is 5.71. The van der Waals surface area contributed by atoms with E-state index in [0.29, 0.717) is 15.5 Å². The summed E-state index contributed by atoms with van der Waals surface area (Å²) in [5.41, 5.74) is 0.687. The van der Waals surface area contributed by atoms with Crippen molar-refractivity contribution >= 4 is 38.9 Å². The first-order chi connectivity index (χ1) is 12.2. The summed E-state index contributed by atoms with van der Waals surface area (Å²) in [5, 5.41) is 3.88. The predicted octanol–water partition coefficient (Wildman–Crippen LogP) is 6.37. The molecule has 0 bridgehead atoms. The van der Waals surface area contributed by atoms with Crippen LogP contribution in [-0.4, -0.2) is 5.91 Å². The Morgan fingerprint density at radius 2 is 1.92 bits per heavy atom. The van der Waals surface area contributed by atoms with Crippen LogP contribution in [0.3, 0.4) is 0 Å². The molecule has 3 rings (SSSR count). The van der Waals surface area contributed by atoms with Crippen LogP contribution in [0, 0.1) is 6.92 Å². The normalized spacial score (nSPS) is 13.0. The summed E-state index contributed by atoms with van der Waals surface area (Å²) in [6.07, 6.45) is -4.42. The van der Waals surface area contributed by atoms with Crippen LogP contribution in [0.4, 0.5) is 13.2 Å². The number of carbonyl (C=O) groups excluding carboxylic acids is 1. The molecule has 0 aliphatic rings. The molecule has 0 saturated heterocycles. The van der Waals surface area contributed by atoms with Crippen molar-refractivity contribution in [2.45, 2.75) is 26.1 Å². The minimum absolute atomic E-state index is 0.353. The van der Waals surface area contributed by atoms with Gasteiger partial charge in [0.15, 0.2) is 0 Å². The van der Waals surface area contributed by atoms with Crippen molar-refractivity contribution in [2.24, 2.45) is 0 Å². The smallest absolute Gasteiger partial charge is 0.345 e. The summed E-state index contributed by atoms with van der Waals surface area (Å²) in [7, 11) is 0. The minimum atomic E-state index is -4.42. The molecular formula is C19H15ClF3NOS. The monoisotopic (exact) mass is 397 g/mol. The van der Waals surface area contributed by atoms with Gasteiger partial charge in [-0.25, -0.2) is 0 Å². The Morgan fingerprint density at radius 1 is 1.19 bits per heavy atom. The van der Waals surface area contributed by atoms with Gasteiger partial charge in [-0.2, -0.15) is 13.2 Å². The molecule has 136 valence electrons. The number of thiophene rings is 1. The fraction of sp³-hybridized carbons (Fsp3) is 0.211. The number of aryl methyl sites for hydroxylation is 1. The molecule has 0 radical (unpaired) electrons. The molecule has 7 heteroatoms. The third-order valence-electron chi connectivity index (χ3n) is 4.05. The average molecular weight is 398 g/mol. The maximum atomic E-state index is 12.9. The van der Waals surface area contributed by atoms with E-state index in [-0.39, 0.29) is 0 Å². The lowest BCUT2D eigenvalue weighted by atomic mass is 10.0. The van der Waals surface area contributed by atoms with Gasteiger partial charge in [0.25, 0.3) is 5.91 Å². The van der Waals surface area contributed by atoms with Crippen molar-refractivity contribution < 1.29 is 18.0 Å². The van der Waals surface area contributed by atoms with E-state index in [2.05, 4.69) is 5.32 Å². The highest BCUT2D eigenvalue weighted by atomic mass is 35.5. The average Bonchev–Trinajstić information content (AvgIpc) is 2.90. The highest BCUT2D eigenvalue weighted by Crippen LogP contribution is 2.36. The molecule has 0 aliphatic heterocycles. The molecule has 0 spiro atoms. The van der Waals surface area contributed by atoms with Crippen LogP contribution >= 0.6 is 22.9 Å². The molecule has 26 heavy (non-hydrogen) atoms. The van der Waals surface area contributed by atoms with Crippen LogP contribution in [0.15, 0.2) is 42.5 Å². The number of hydrogen-bond donors (Lipinski definition) is 1. The second-order valence-corrected chi connectivity index (χ2v) is 7.49. The summed E-state index contributed by atoms with van der Waals surface area (Å²) in [6, 6.07) is 10.0. The maximum Gasteiger partial charge on any atom is 0.416 e. The van der Waals surface area contributed by atoms with Gasteiger partial charge < -0.3 is 5.32 Å². The van der Waals surface area contributed by atoms with Gasteiger partial charge in [-0.05, 0) is 43.2 Å². The lowest BCUT2D eigenvalue weighted by Gasteiger charge is -2.16. The molecule has 0 saturated carbocycles. The number of benzene rings is 2. The molecule has 0 fully saturated rings. The highest BCUT2D eigenvalue weighted by molar-refractivity contribution is 7.21. The fourth-order valence-electron chi connectivity index (χ4n) is 2.65. The standard InChI is InChI=1S/C19H15ClF3NOS/c1-10-6-7-14-15(8-10)26-17(16(14)20)18(25)24-11(2)12-4-3-5-13(9-12)19(21,22)23/h3-9,11H,1-2H3,(H,24,25)/t11-/m0/s1. The minimum Gasteiger partial charge on any atom is -0.345 e. The maximum absolute atomic E-state index is 12.9. The molecule has 1 atom stereocenters. The summed E-state index contributed by atoms with van der Waals surface area (Å²) in [6.45, 7) is 3.58. The van der Waals surface area contributed by atoms with Crippen molar-refractivity contribution in [3.05, 3.63) is 69.1 Å². The quantitative estimate of drug-likeness (QED) is 0.546. The largest absolute Gasteiger partial charge is 0.416 e. The van der Waals surface area contributed by atoms with Crippen molar-refractivity contribution in [3.8, 4) is 0 Å². The van der Waals surface area contributed by atoms with Gasteiger partial charge in [-0.15, -0.1) is 11.3 Å². The second-order valence-electron chi connectivity index (χ2n) is 6.06. The number of fused-ring (bicyclic) bond motifs is 1. The van der Waals surface area contributed by atoms with Gasteiger partial charge in [0, 0.05) is 10.1 Å². The van der Waals surface area contributed by atoms with Crippen LogP contribution in [0.25, 0.3) is 10.1 Å². The van der Waals surface area contributed by atoms with Crippen molar-refractivity contribution in [1.82, 2.24) is 5.32 Å². The van der Waals surface area contributed by atoms with Crippen LogP contribution in [0.1, 0.15) is 39.3 Å². The molecule has 2 aromatic carbocycles. The topological polar surface area (TPSA) is 29.1 Å². The van der Waals surface area contributed by atoms with Crippen molar-refractivity contribution in [1.29, 1.82) is 0 Å². The Bertz CT molecular complexity index is 981. The van der Waals surface area contributed by atoms with Crippen LogP contribution in [-0.2, 0) is 6.18 Å². The third kappa shape index (κ3) is 3.71. The number of rotatable bonds is 3. The first kappa shape index (κ1) is 18.7. The summed E-state index contributed by atoms with van der Waals surface area (Å²) < 4.78 is 39.5. The number of halogens is 4. The predicted molar refractivity (Wildman–Crippen MR) is 98.9 cm³/mol. The number of carbonyl (C=O) groups is 1. The Labute approximate surface area is 157 Å². The van der Waals surface area contributed by atoms with Crippen LogP contribution < -0.4 is 5.32 Å². The van der Waals surface area contributed by atoms with E-state index in [0.717, 1.165) is 27.8 Å².